The zero-order chi connectivity index (χ0) is 13.3. The van der Waals surface area contributed by atoms with Crippen molar-refractivity contribution in [3.05, 3.63) is 42.7 Å². The monoisotopic (exact) mass is 257 g/mol. The van der Waals surface area contributed by atoms with Crippen molar-refractivity contribution in [3.8, 4) is 11.1 Å². The van der Waals surface area contributed by atoms with Crippen molar-refractivity contribution in [1.29, 1.82) is 0 Å². The van der Waals surface area contributed by atoms with E-state index in [4.69, 9.17) is 0 Å². The van der Waals surface area contributed by atoms with Crippen LogP contribution in [0.1, 0.15) is 25.7 Å². The quantitative estimate of drug-likeness (QED) is 0.735. The maximum atomic E-state index is 4.43. The van der Waals surface area contributed by atoms with Crippen LogP contribution < -0.4 is 5.32 Å². The molecule has 0 saturated heterocycles. The van der Waals surface area contributed by atoms with Crippen molar-refractivity contribution in [2.45, 2.75) is 32.2 Å². The molecular formula is C16H23N3. The van der Waals surface area contributed by atoms with Gasteiger partial charge in [0.2, 0.25) is 0 Å². The summed E-state index contributed by atoms with van der Waals surface area (Å²) in [5, 5.41) is 7.61. The normalized spacial score (nSPS) is 10.8. The average Bonchev–Trinajstić information content (AvgIpc) is 2.92. The van der Waals surface area contributed by atoms with E-state index in [0.717, 1.165) is 13.1 Å². The molecule has 1 aromatic heterocycles. The number of hydrogen-bond acceptors (Lipinski definition) is 2. The van der Waals surface area contributed by atoms with E-state index in [2.05, 4.69) is 45.6 Å². The molecule has 1 aromatic carbocycles. The maximum Gasteiger partial charge on any atom is 0.0568 e. The first kappa shape index (κ1) is 13.8. The second-order valence-corrected chi connectivity index (χ2v) is 4.88. The van der Waals surface area contributed by atoms with E-state index >= 15 is 0 Å². The minimum absolute atomic E-state index is 1.02. The van der Waals surface area contributed by atoms with Crippen LogP contribution in [0, 0.1) is 0 Å². The molecule has 0 atom stereocenters. The van der Waals surface area contributed by atoms with Gasteiger partial charge in [-0.15, -0.1) is 0 Å². The molecule has 0 aliphatic heterocycles. The second kappa shape index (κ2) is 7.74. The summed E-state index contributed by atoms with van der Waals surface area (Å²) in [4.78, 5) is 0. The number of nitrogens with one attached hydrogen (secondary N) is 1. The summed E-state index contributed by atoms with van der Waals surface area (Å²) < 4.78 is 2.06. The van der Waals surface area contributed by atoms with Gasteiger partial charge in [0.25, 0.3) is 0 Å². The third-order valence-electron chi connectivity index (χ3n) is 3.30. The molecule has 3 nitrogen and oxygen atoms in total. The Morgan fingerprint density at radius 2 is 1.79 bits per heavy atom. The maximum absolute atomic E-state index is 4.43. The molecule has 0 aliphatic carbocycles. The van der Waals surface area contributed by atoms with Crippen LogP contribution in [0.4, 0.5) is 0 Å². The lowest BCUT2D eigenvalue weighted by Crippen LogP contribution is -2.07. The summed E-state index contributed by atoms with van der Waals surface area (Å²) >= 11 is 0. The Morgan fingerprint density at radius 3 is 2.58 bits per heavy atom. The van der Waals surface area contributed by atoms with Gasteiger partial charge in [-0.1, -0.05) is 43.2 Å². The van der Waals surface area contributed by atoms with Crippen LogP contribution in [0.15, 0.2) is 42.7 Å². The van der Waals surface area contributed by atoms with E-state index < -0.39 is 0 Å². The van der Waals surface area contributed by atoms with Crippen molar-refractivity contribution >= 4 is 0 Å². The molecular weight excluding hydrogens is 234 g/mol. The van der Waals surface area contributed by atoms with Gasteiger partial charge in [-0.2, -0.15) is 5.10 Å². The molecule has 102 valence electrons. The number of benzene rings is 1. The van der Waals surface area contributed by atoms with Crippen LogP contribution in [0.25, 0.3) is 11.1 Å². The van der Waals surface area contributed by atoms with E-state index in [0.29, 0.717) is 0 Å². The molecule has 0 unspecified atom stereocenters. The molecule has 3 heteroatoms. The fourth-order valence-electron chi connectivity index (χ4n) is 2.19. The average molecular weight is 257 g/mol. The molecule has 19 heavy (non-hydrogen) atoms. The number of unbranched alkanes of at least 4 members (excludes halogenated alkanes) is 3. The van der Waals surface area contributed by atoms with Gasteiger partial charge < -0.3 is 5.32 Å². The number of hydrogen-bond donors (Lipinski definition) is 1. The van der Waals surface area contributed by atoms with E-state index in [1.165, 1.54) is 36.8 Å². The third-order valence-corrected chi connectivity index (χ3v) is 3.30. The molecule has 0 radical (unpaired) electrons. The van der Waals surface area contributed by atoms with Crippen molar-refractivity contribution < 1.29 is 0 Å². The SMILES string of the molecule is CNCCCCCCn1cc(-c2ccccc2)cn1. The molecule has 0 spiro atoms. The molecule has 2 rings (SSSR count). The lowest BCUT2D eigenvalue weighted by Gasteiger charge is -2.02. The Labute approximate surface area is 115 Å². The first-order valence-electron chi connectivity index (χ1n) is 7.12. The molecule has 0 saturated carbocycles. The highest BCUT2D eigenvalue weighted by Gasteiger charge is 2.00. The number of nitrogens with zero attached hydrogens (tertiary/aromatic N) is 2. The summed E-state index contributed by atoms with van der Waals surface area (Å²) in [6.07, 6.45) is 9.15. The van der Waals surface area contributed by atoms with Gasteiger partial charge in [0.1, 0.15) is 0 Å². The van der Waals surface area contributed by atoms with E-state index in [1.54, 1.807) is 0 Å². The molecule has 1 heterocycles. The number of aromatic nitrogens is 2. The van der Waals surface area contributed by atoms with Crippen molar-refractivity contribution in [1.82, 2.24) is 15.1 Å². The number of aryl methyl sites for hydroxylation is 1. The number of rotatable bonds is 8. The van der Waals surface area contributed by atoms with Gasteiger partial charge >= 0.3 is 0 Å². The Hall–Kier alpha value is -1.61. The van der Waals surface area contributed by atoms with Gasteiger partial charge in [-0.3, -0.25) is 4.68 Å². The summed E-state index contributed by atoms with van der Waals surface area (Å²) in [5.41, 5.74) is 2.44. The van der Waals surface area contributed by atoms with E-state index in [-0.39, 0.29) is 0 Å². The van der Waals surface area contributed by atoms with Gasteiger partial charge in [0.05, 0.1) is 6.20 Å². The van der Waals surface area contributed by atoms with Crippen molar-refractivity contribution in [2.24, 2.45) is 0 Å². The van der Waals surface area contributed by atoms with Crippen LogP contribution >= 0.6 is 0 Å². The highest BCUT2D eigenvalue weighted by atomic mass is 15.3. The fraction of sp³-hybridized carbons (Fsp3) is 0.438. The topological polar surface area (TPSA) is 29.9 Å². The highest BCUT2D eigenvalue weighted by molar-refractivity contribution is 5.61. The van der Waals surface area contributed by atoms with Crippen LogP contribution in [0.3, 0.4) is 0 Å². The van der Waals surface area contributed by atoms with Gasteiger partial charge in [-0.25, -0.2) is 0 Å². The van der Waals surface area contributed by atoms with Gasteiger partial charge in [0, 0.05) is 18.3 Å². The smallest absolute Gasteiger partial charge is 0.0568 e. The predicted octanol–water partition coefficient (Wildman–Crippen LogP) is 3.33. The van der Waals surface area contributed by atoms with E-state index in [1.807, 2.05) is 19.3 Å². The van der Waals surface area contributed by atoms with E-state index in [9.17, 15) is 0 Å². The molecule has 0 amide bonds. The first-order valence-corrected chi connectivity index (χ1v) is 7.12. The lowest BCUT2D eigenvalue weighted by atomic mass is 10.1. The Kier molecular flexibility index (Phi) is 5.63. The van der Waals surface area contributed by atoms with Crippen molar-refractivity contribution in [3.63, 3.8) is 0 Å². The second-order valence-electron chi connectivity index (χ2n) is 4.88. The molecule has 0 aliphatic rings. The standard InChI is InChI=1S/C16H23N3/c1-17-11-7-2-3-8-12-19-14-16(13-18-19)15-9-5-4-6-10-15/h4-6,9-10,13-14,17H,2-3,7-8,11-12H2,1H3. The zero-order valence-corrected chi connectivity index (χ0v) is 11.7. The fourth-order valence-corrected chi connectivity index (χ4v) is 2.19. The molecule has 2 aromatic rings. The van der Waals surface area contributed by atoms with Gasteiger partial charge in [-0.05, 0) is 32.0 Å². The van der Waals surface area contributed by atoms with Crippen molar-refractivity contribution in [2.75, 3.05) is 13.6 Å². The third kappa shape index (κ3) is 4.52. The van der Waals surface area contributed by atoms with Crippen LogP contribution in [0.5, 0.6) is 0 Å². The predicted molar refractivity (Wildman–Crippen MR) is 80.1 cm³/mol. The van der Waals surface area contributed by atoms with Gasteiger partial charge in [0.15, 0.2) is 0 Å². The Balaban J connectivity index is 1.75. The highest BCUT2D eigenvalue weighted by Crippen LogP contribution is 2.17. The lowest BCUT2D eigenvalue weighted by molar-refractivity contribution is 0.531. The Morgan fingerprint density at radius 1 is 1.00 bits per heavy atom. The molecule has 0 bridgehead atoms. The molecule has 0 fully saturated rings. The minimum atomic E-state index is 1.02. The van der Waals surface area contributed by atoms with Crippen LogP contribution in [0.2, 0.25) is 0 Å². The Bertz CT molecular complexity index is 462. The first-order chi connectivity index (χ1) is 9.40. The molecule has 1 N–H and O–H groups in total. The summed E-state index contributed by atoms with van der Waals surface area (Å²) in [5.74, 6) is 0. The zero-order valence-electron chi connectivity index (χ0n) is 11.7. The summed E-state index contributed by atoms with van der Waals surface area (Å²) in [7, 11) is 2.01. The summed E-state index contributed by atoms with van der Waals surface area (Å²) in [6.45, 7) is 2.15. The van der Waals surface area contributed by atoms with Crippen LogP contribution in [-0.4, -0.2) is 23.4 Å². The largest absolute Gasteiger partial charge is 0.320 e. The van der Waals surface area contributed by atoms with Crippen LogP contribution in [-0.2, 0) is 6.54 Å². The summed E-state index contributed by atoms with van der Waals surface area (Å²) in [6, 6.07) is 10.4. The minimum Gasteiger partial charge on any atom is -0.320 e.